The Balaban J connectivity index is 1.69. The molecule has 0 bridgehead atoms. The zero-order valence-electron chi connectivity index (χ0n) is 10.6. The van der Waals surface area contributed by atoms with Crippen molar-refractivity contribution in [1.29, 1.82) is 0 Å². The maximum atomic E-state index is 13.0. The minimum absolute atomic E-state index is 0.236. The van der Waals surface area contributed by atoms with Crippen molar-refractivity contribution in [3.63, 3.8) is 0 Å². The first-order valence-electron chi connectivity index (χ1n) is 6.19. The Morgan fingerprint density at radius 2 is 1.90 bits per heavy atom. The van der Waals surface area contributed by atoms with E-state index < -0.39 is 0 Å². The molecule has 0 fully saturated rings. The summed E-state index contributed by atoms with van der Waals surface area (Å²) in [5.41, 5.74) is 1.57. The molecule has 0 atom stereocenters. The summed E-state index contributed by atoms with van der Waals surface area (Å²) in [6.07, 6.45) is 1.54. The molecule has 0 radical (unpaired) electrons. The van der Waals surface area contributed by atoms with Crippen LogP contribution in [0.15, 0.2) is 65.3 Å². The number of oxazole rings is 1. The minimum Gasteiger partial charge on any atom is -0.487 e. The van der Waals surface area contributed by atoms with Crippen LogP contribution < -0.4 is 4.74 Å². The van der Waals surface area contributed by atoms with Crippen molar-refractivity contribution in [3.05, 3.63) is 72.4 Å². The molecule has 3 nitrogen and oxygen atoms in total. The van der Waals surface area contributed by atoms with Gasteiger partial charge >= 0.3 is 0 Å². The number of benzene rings is 2. The van der Waals surface area contributed by atoms with Crippen molar-refractivity contribution in [3.8, 4) is 17.2 Å². The molecule has 0 saturated heterocycles. The van der Waals surface area contributed by atoms with E-state index in [0.29, 0.717) is 17.3 Å². The van der Waals surface area contributed by atoms with Gasteiger partial charge in [0.15, 0.2) is 0 Å². The fourth-order valence-electron chi connectivity index (χ4n) is 1.80. The van der Waals surface area contributed by atoms with Crippen LogP contribution in [-0.2, 0) is 6.61 Å². The molecule has 0 N–H and O–H groups in total. The van der Waals surface area contributed by atoms with Crippen LogP contribution in [0, 0.1) is 5.82 Å². The predicted octanol–water partition coefficient (Wildman–Crippen LogP) is 4.06. The van der Waals surface area contributed by atoms with Crippen molar-refractivity contribution in [2.45, 2.75) is 6.61 Å². The molecule has 0 aliphatic carbocycles. The van der Waals surface area contributed by atoms with Gasteiger partial charge in [-0.1, -0.05) is 24.3 Å². The van der Waals surface area contributed by atoms with Gasteiger partial charge in [0.25, 0.3) is 0 Å². The summed E-state index contributed by atoms with van der Waals surface area (Å²) in [5, 5.41) is 0. The zero-order chi connectivity index (χ0) is 13.8. The van der Waals surface area contributed by atoms with E-state index >= 15 is 0 Å². The SMILES string of the molecule is Fc1cccc(OCc2coc(-c3ccccc3)n2)c1. The van der Waals surface area contributed by atoms with E-state index in [4.69, 9.17) is 9.15 Å². The lowest BCUT2D eigenvalue weighted by Crippen LogP contribution is -1.96. The number of nitrogens with zero attached hydrogens (tertiary/aromatic N) is 1. The third-order valence-electron chi connectivity index (χ3n) is 2.76. The van der Waals surface area contributed by atoms with Gasteiger partial charge in [-0.3, -0.25) is 0 Å². The zero-order valence-corrected chi connectivity index (χ0v) is 10.6. The molecule has 1 aromatic heterocycles. The van der Waals surface area contributed by atoms with Crippen LogP contribution >= 0.6 is 0 Å². The van der Waals surface area contributed by atoms with Gasteiger partial charge in [0.2, 0.25) is 5.89 Å². The number of rotatable bonds is 4. The molecule has 0 aliphatic heterocycles. The van der Waals surface area contributed by atoms with Crippen LogP contribution in [0.3, 0.4) is 0 Å². The van der Waals surface area contributed by atoms with Crippen molar-refractivity contribution in [1.82, 2.24) is 4.98 Å². The third-order valence-corrected chi connectivity index (χ3v) is 2.76. The van der Waals surface area contributed by atoms with Crippen molar-refractivity contribution >= 4 is 0 Å². The van der Waals surface area contributed by atoms with Gasteiger partial charge in [-0.05, 0) is 24.3 Å². The van der Waals surface area contributed by atoms with Crippen molar-refractivity contribution < 1.29 is 13.5 Å². The summed E-state index contributed by atoms with van der Waals surface area (Å²) < 4.78 is 23.9. The van der Waals surface area contributed by atoms with Gasteiger partial charge in [0.05, 0.1) is 0 Å². The summed E-state index contributed by atoms with van der Waals surface area (Å²) in [6, 6.07) is 15.6. The van der Waals surface area contributed by atoms with Crippen LogP contribution in [0.25, 0.3) is 11.5 Å². The van der Waals surface area contributed by atoms with Gasteiger partial charge in [0, 0.05) is 11.6 Å². The first-order chi connectivity index (χ1) is 9.81. The third kappa shape index (κ3) is 2.85. The smallest absolute Gasteiger partial charge is 0.226 e. The summed E-state index contributed by atoms with van der Waals surface area (Å²) in [5.74, 6) is 0.685. The van der Waals surface area contributed by atoms with E-state index in [2.05, 4.69) is 4.98 Å². The standard InChI is InChI=1S/C16H12FNO2/c17-13-7-4-8-15(9-13)19-10-14-11-20-16(18-14)12-5-2-1-3-6-12/h1-9,11H,10H2. The molecule has 2 aromatic carbocycles. The fourth-order valence-corrected chi connectivity index (χ4v) is 1.80. The quantitative estimate of drug-likeness (QED) is 0.716. The Bertz CT molecular complexity index is 694. The molecular weight excluding hydrogens is 257 g/mol. The highest BCUT2D eigenvalue weighted by Crippen LogP contribution is 2.19. The van der Waals surface area contributed by atoms with E-state index in [1.165, 1.54) is 12.1 Å². The highest BCUT2D eigenvalue weighted by molar-refractivity contribution is 5.52. The van der Waals surface area contributed by atoms with Crippen LogP contribution in [0.2, 0.25) is 0 Å². The molecular formula is C16H12FNO2. The number of halogens is 1. The largest absolute Gasteiger partial charge is 0.487 e. The number of ether oxygens (including phenoxy) is 1. The summed E-state index contributed by atoms with van der Waals surface area (Å²) in [7, 11) is 0. The molecule has 0 aliphatic rings. The molecule has 0 saturated carbocycles. The molecule has 4 heteroatoms. The minimum atomic E-state index is -0.326. The van der Waals surface area contributed by atoms with E-state index in [1.807, 2.05) is 30.3 Å². The summed E-state index contributed by atoms with van der Waals surface area (Å²) in [6.45, 7) is 0.236. The van der Waals surface area contributed by atoms with Crippen LogP contribution in [0.1, 0.15) is 5.69 Å². The lowest BCUT2D eigenvalue weighted by molar-refractivity contribution is 0.299. The monoisotopic (exact) mass is 269 g/mol. The van der Waals surface area contributed by atoms with Crippen molar-refractivity contribution in [2.75, 3.05) is 0 Å². The first-order valence-corrected chi connectivity index (χ1v) is 6.19. The predicted molar refractivity (Wildman–Crippen MR) is 72.7 cm³/mol. The fraction of sp³-hybridized carbons (Fsp3) is 0.0625. The molecule has 20 heavy (non-hydrogen) atoms. The summed E-state index contributed by atoms with van der Waals surface area (Å²) >= 11 is 0. The van der Waals surface area contributed by atoms with Gasteiger partial charge in [-0.15, -0.1) is 0 Å². The lowest BCUT2D eigenvalue weighted by atomic mass is 10.2. The highest BCUT2D eigenvalue weighted by atomic mass is 19.1. The second-order valence-electron chi connectivity index (χ2n) is 4.26. The lowest BCUT2D eigenvalue weighted by Gasteiger charge is -2.02. The van der Waals surface area contributed by atoms with E-state index in [9.17, 15) is 4.39 Å². The Morgan fingerprint density at radius 3 is 2.70 bits per heavy atom. The average molecular weight is 269 g/mol. The molecule has 3 aromatic rings. The molecule has 0 spiro atoms. The van der Waals surface area contributed by atoms with E-state index in [-0.39, 0.29) is 12.4 Å². The Labute approximate surface area is 115 Å². The molecule has 0 amide bonds. The topological polar surface area (TPSA) is 35.3 Å². The van der Waals surface area contributed by atoms with Crippen molar-refractivity contribution in [2.24, 2.45) is 0 Å². The van der Waals surface area contributed by atoms with Crippen LogP contribution in [0.5, 0.6) is 5.75 Å². The molecule has 0 unspecified atom stereocenters. The van der Waals surface area contributed by atoms with Crippen LogP contribution in [-0.4, -0.2) is 4.98 Å². The van der Waals surface area contributed by atoms with Gasteiger partial charge in [-0.2, -0.15) is 0 Å². The molecule has 1 heterocycles. The average Bonchev–Trinajstić information content (AvgIpc) is 2.95. The first kappa shape index (κ1) is 12.4. The Kier molecular flexibility index (Phi) is 3.46. The summed E-state index contributed by atoms with van der Waals surface area (Å²) in [4.78, 5) is 4.33. The van der Waals surface area contributed by atoms with E-state index in [0.717, 1.165) is 5.56 Å². The van der Waals surface area contributed by atoms with Gasteiger partial charge < -0.3 is 9.15 Å². The normalized spacial score (nSPS) is 10.4. The van der Waals surface area contributed by atoms with Gasteiger partial charge in [0.1, 0.15) is 30.1 Å². The second-order valence-corrected chi connectivity index (χ2v) is 4.26. The van der Waals surface area contributed by atoms with Crippen LogP contribution in [0.4, 0.5) is 4.39 Å². The maximum absolute atomic E-state index is 13.0. The molecule has 100 valence electrons. The van der Waals surface area contributed by atoms with E-state index in [1.54, 1.807) is 18.4 Å². The number of aromatic nitrogens is 1. The molecule has 3 rings (SSSR count). The Morgan fingerprint density at radius 1 is 1.05 bits per heavy atom. The van der Waals surface area contributed by atoms with Gasteiger partial charge in [-0.25, -0.2) is 9.37 Å². The Hall–Kier alpha value is -2.62. The number of hydrogen-bond acceptors (Lipinski definition) is 3. The highest BCUT2D eigenvalue weighted by Gasteiger charge is 2.06. The maximum Gasteiger partial charge on any atom is 0.226 e. The second kappa shape index (κ2) is 5.57. The number of hydrogen-bond donors (Lipinski definition) is 0.